The van der Waals surface area contributed by atoms with Crippen molar-refractivity contribution in [3.05, 3.63) is 41.7 Å². The van der Waals surface area contributed by atoms with E-state index in [0.29, 0.717) is 17.1 Å². The summed E-state index contributed by atoms with van der Waals surface area (Å²) in [6.07, 6.45) is 0.0986. The van der Waals surface area contributed by atoms with Crippen LogP contribution in [0.2, 0.25) is 0 Å². The predicted octanol–water partition coefficient (Wildman–Crippen LogP) is 1.06. The van der Waals surface area contributed by atoms with E-state index < -0.39 is 17.9 Å². The highest BCUT2D eigenvalue weighted by atomic mass is 16.5. The number of hydrogen-bond acceptors (Lipinski definition) is 6. The van der Waals surface area contributed by atoms with Crippen molar-refractivity contribution in [2.24, 2.45) is 17.9 Å². The fraction of sp³-hybridized carbons (Fsp3) is 0.294. The van der Waals surface area contributed by atoms with E-state index in [4.69, 9.17) is 10.5 Å². The van der Waals surface area contributed by atoms with Crippen LogP contribution in [0.4, 0.5) is 5.69 Å². The number of rotatable bonds is 4. The fourth-order valence-corrected chi connectivity index (χ4v) is 2.73. The second-order valence-corrected chi connectivity index (χ2v) is 5.86. The highest BCUT2D eigenvalue weighted by Gasteiger charge is 2.36. The first-order valence-electron chi connectivity index (χ1n) is 7.82. The highest BCUT2D eigenvalue weighted by Crippen LogP contribution is 2.26. The van der Waals surface area contributed by atoms with Gasteiger partial charge in [-0.2, -0.15) is 10.2 Å². The Kier molecular flexibility index (Phi) is 4.26. The first kappa shape index (κ1) is 16.7. The zero-order valence-electron chi connectivity index (χ0n) is 14.3. The molecule has 0 fully saturated rings. The number of anilines is 1. The van der Waals surface area contributed by atoms with Crippen molar-refractivity contribution in [1.29, 1.82) is 0 Å². The lowest BCUT2D eigenvalue weighted by Gasteiger charge is -2.20. The molecule has 1 aromatic carbocycles. The Morgan fingerprint density at radius 1 is 1.24 bits per heavy atom. The molecule has 0 saturated carbocycles. The average Bonchev–Trinajstić information content (AvgIpc) is 3.13. The first-order chi connectivity index (χ1) is 11.9. The molecule has 1 aliphatic heterocycles. The highest BCUT2D eigenvalue weighted by molar-refractivity contribution is 6.38. The fourth-order valence-electron chi connectivity index (χ4n) is 2.73. The lowest BCUT2D eigenvalue weighted by atomic mass is 10.1. The van der Waals surface area contributed by atoms with Crippen LogP contribution in [0.5, 0.6) is 5.75 Å². The van der Waals surface area contributed by atoms with Crippen LogP contribution in [0.1, 0.15) is 17.8 Å². The Hall–Kier alpha value is -3.16. The van der Waals surface area contributed by atoms with Crippen molar-refractivity contribution in [3.8, 4) is 5.75 Å². The van der Waals surface area contributed by atoms with Gasteiger partial charge in [0.1, 0.15) is 17.4 Å². The molecular formula is C17H19N5O3. The van der Waals surface area contributed by atoms with Gasteiger partial charge in [-0.3, -0.25) is 14.5 Å². The molecule has 3 rings (SSSR count). The van der Waals surface area contributed by atoms with Crippen molar-refractivity contribution in [1.82, 2.24) is 9.78 Å². The van der Waals surface area contributed by atoms with E-state index in [1.54, 1.807) is 30.8 Å². The Labute approximate surface area is 144 Å². The van der Waals surface area contributed by atoms with Crippen LogP contribution in [0.25, 0.3) is 0 Å². The summed E-state index contributed by atoms with van der Waals surface area (Å²) in [5.74, 6) is -0.753. The van der Waals surface area contributed by atoms with Crippen LogP contribution >= 0.6 is 0 Å². The zero-order chi connectivity index (χ0) is 18.1. The summed E-state index contributed by atoms with van der Waals surface area (Å²) in [5, 5.41) is 9.94. The molecule has 1 atom stereocenters. The van der Waals surface area contributed by atoms with Gasteiger partial charge in [0.15, 0.2) is 5.75 Å². The number of nitrogens with zero attached hydrogens (tertiary/aromatic N) is 4. The number of hydrogen-bond donors (Lipinski definition) is 1. The predicted molar refractivity (Wildman–Crippen MR) is 92.3 cm³/mol. The molecule has 0 saturated heterocycles. The lowest BCUT2D eigenvalue weighted by molar-refractivity contribution is -0.127. The van der Waals surface area contributed by atoms with Crippen LogP contribution in [0, 0.1) is 13.8 Å². The van der Waals surface area contributed by atoms with E-state index in [9.17, 15) is 9.59 Å². The van der Waals surface area contributed by atoms with E-state index in [1.165, 1.54) is 5.01 Å². The molecule has 1 aromatic heterocycles. The van der Waals surface area contributed by atoms with Gasteiger partial charge in [0.05, 0.1) is 11.4 Å². The SMILES string of the molecule is Cc1nn(C)c(C)c1OC(=O)C1=NN(c2ccccc2)[C@@H](C(N)=O)C1. The Morgan fingerprint density at radius 2 is 1.92 bits per heavy atom. The quantitative estimate of drug-likeness (QED) is 0.838. The van der Waals surface area contributed by atoms with Crippen molar-refractivity contribution in [2.75, 3.05) is 5.01 Å². The van der Waals surface area contributed by atoms with Crippen LogP contribution < -0.4 is 15.5 Å². The van der Waals surface area contributed by atoms with Crippen LogP contribution in [0.15, 0.2) is 35.4 Å². The lowest BCUT2D eigenvalue weighted by Crippen LogP contribution is -2.39. The number of primary amides is 1. The number of esters is 1. The number of carbonyl (C=O) groups excluding carboxylic acids is 2. The van der Waals surface area contributed by atoms with E-state index in [0.717, 1.165) is 5.69 Å². The van der Waals surface area contributed by atoms with E-state index in [2.05, 4.69) is 10.2 Å². The number of para-hydroxylation sites is 1. The Morgan fingerprint density at radius 3 is 2.48 bits per heavy atom. The van der Waals surface area contributed by atoms with Crippen LogP contribution in [-0.4, -0.2) is 33.4 Å². The first-order valence-corrected chi connectivity index (χ1v) is 7.82. The molecule has 130 valence electrons. The number of amides is 1. The molecule has 0 bridgehead atoms. The van der Waals surface area contributed by atoms with Crippen molar-refractivity contribution < 1.29 is 14.3 Å². The number of aromatic nitrogens is 2. The molecule has 25 heavy (non-hydrogen) atoms. The molecule has 8 heteroatoms. The van der Waals surface area contributed by atoms with Gasteiger partial charge in [-0.05, 0) is 26.0 Å². The maximum Gasteiger partial charge on any atom is 0.360 e. The summed E-state index contributed by atoms with van der Waals surface area (Å²) < 4.78 is 7.10. The molecule has 0 radical (unpaired) electrons. The number of aryl methyl sites for hydroxylation is 2. The standard InChI is InChI=1S/C17H19N5O3/c1-10-15(11(2)21(3)19-10)25-17(24)13-9-14(16(18)23)22(20-13)12-7-5-4-6-8-12/h4-8,14H,9H2,1-3H3,(H2,18,23)/t14-/m1/s1. The van der Waals surface area contributed by atoms with Gasteiger partial charge in [0.25, 0.3) is 0 Å². The maximum absolute atomic E-state index is 12.5. The van der Waals surface area contributed by atoms with Crippen molar-refractivity contribution in [2.45, 2.75) is 26.3 Å². The summed E-state index contributed by atoms with van der Waals surface area (Å²) in [6, 6.07) is 8.36. The average molecular weight is 341 g/mol. The number of hydrazone groups is 1. The van der Waals surface area contributed by atoms with E-state index >= 15 is 0 Å². The minimum absolute atomic E-state index is 0.0986. The third-order valence-corrected chi connectivity index (χ3v) is 4.13. The largest absolute Gasteiger partial charge is 0.418 e. The monoisotopic (exact) mass is 341 g/mol. The molecule has 8 nitrogen and oxygen atoms in total. The van der Waals surface area contributed by atoms with Gasteiger partial charge in [-0.1, -0.05) is 18.2 Å². The second-order valence-electron chi connectivity index (χ2n) is 5.86. The summed E-state index contributed by atoms with van der Waals surface area (Å²) in [5.41, 5.74) is 7.65. The number of ether oxygens (including phenoxy) is 1. The zero-order valence-corrected chi connectivity index (χ0v) is 14.3. The van der Waals surface area contributed by atoms with Gasteiger partial charge in [-0.25, -0.2) is 4.79 Å². The second kappa shape index (κ2) is 6.39. The van der Waals surface area contributed by atoms with E-state index in [1.807, 2.05) is 25.1 Å². The summed E-state index contributed by atoms with van der Waals surface area (Å²) >= 11 is 0. The molecule has 0 aliphatic carbocycles. The molecule has 2 aromatic rings. The summed E-state index contributed by atoms with van der Waals surface area (Å²) in [7, 11) is 1.77. The number of carbonyl (C=O) groups is 2. The Bertz CT molecular complexity index is 857. The minimum Gasteiger partial charge on any atom is -0.418 e. The minimum atomic E-state index is -0.721. The van der Waals surface area contributed by atoms with Gasteiger partial charge < -0.3 is 10.5 Å². The molecule has 2 heterocycles. The third-order valence-electron chi connectivity index (χ3n) is 4.13. The van der Waals surface area contributed by atoms with Gasteiger partial charge >= 0.3 is 5.97 Å². The molecular weight excluding hydrogens is 322 g/mol. The topological polar surface area (TPSA) is 103 Å². The van der Waals surface area contributed by atoms with Gasteiger partial charge in [-0.15, -0.1) is 0 Å². The molecule has 0 unspecified atom stereocenters. The Balaban J connectivity index is 1.86. The van der Waals surface area contributed by atoms with E-state index in [-0.39, 0.29) is 12.1 Å². The molecule has 0 spiro atoms. The smallest absolute Gasteiger partial charge is 0.360 e. The van der Waals surface area contributed by atoms with Gasteiger partial charge in [0, 0.05) is 13.5 Å². The molecule has 1 aliphatic rings. The third kappa shape index (κ3) is 3.10. The summed E-state index contributed by atoms with van der Waals surface area (Å²) in [6.45, 7) is 3.57. The number of benzene rings is 1. The van der Waals surface area contributed by atoms with Gasteiger partial charge in [0.2, 0.25) is 5.91 Å². The van der Waals surface area contributed by atoms with Crippen molar-refractivity contribution in [3.63, 3.8) is 0 Å². The van der Waals surface area contributed by atoms with Crippen LogP contribution in [-0.2, 0) is 16.6 Å². The number of nitrogens with two attached hydrogens (primary N) is 1. The molecule has 1 amide bonds. The summed E-state index contributed by atoms with van der Waals surface area (Å²) in [4.78, 5) is 24.3. The van der Waals surface area contributed by atoms with Crippen molar-refractivity contribution >= 4 is 23.3 Å². The normalized spacial score (nSPS) is 16.7. The molecule has 2 N–H and O–H groups in total. The maximum atomic E-state index is 12.5. The van der Waals surface area contributed by atoms with Crippen LogP contribution in [0.3, 0.4) is 0 Å².